The normalized spacial score (nSPS) is 19.2. The molecule has 2 aliphatic heterocycles. The van der Waals surface area contributed by atoms with Crippen molar-refractivity contribution < 1.29 is 9.53 Å². The molecule has 0 bridgehead atoms. The van der Waals surface area contributed by atoms with Gasteiger partial charge in [0.25, 0.3) is 0 Å². The first-order chi connectivity index (χ1) is 14.2. The van der Waals surface area contributed by atoms with Crippen LogP contribution in [0.3, 0.4) is 0 Å². The van der Waals surface area contributed by atoms with Crippen LogP contribution >= 0.6 is 0 Å². The summed E-state index contributed by atoms with van der Waals surface area (Å²) in [5.74, 6) is 1.26. The molecule has 2 aliphatic rings. The summed E-state index contributed by atoms with van der Waals surface area (Å²) in [7, 11) is 0. The van der Waals surface area contributed by atoms with Crippen LogP contribution in [0.2, 0.25) is 0 Å². The first kappa shape index (κ1) is 22.1. The van der Waals surface area contributed by atoms with Crippen molar-refractivity contribution in [3.63, 3.8) is 0 Å². The number of anilines is 1. The molecule has 0 unspecified atom stereocenters. The van der Waals surface area contributed by atoms with E-state index in [9.17, 15) is 4.79 Å². The van der Waals surface area contributed by atoms with Gasteiger partial charge in [0.05, 0.1) is 12.0 Å². The van der Waals surface area contributed by atoms with Crippen LogP contribution in [-0.4, -0.2) is 43.6 Å². The van der Waals surface area contributed by atoms with Gasteiger partial charge in [0.15, 0.2) is 0 Å². The largest absolute Gasteiger partial charge is 0.494 e. The molecule has 2 saturated heterocycles. The number of hydrogen-bond acceptors (Lipinski definition) is 3. The minimum absolute atomic E-state index is 0.115. The van der Waals surface area contributed by atoms with Gasteiger partial charge in [0, 0.05) is 12.2 Å². The predicted molar refractivity (Wildman–Crippen MR) is 121 cm³/mol. The molecular weight excluding hydrogens is 360 g/mol. The molecule has 0 radical (unpaired) electrons. The van der Waals surface area contributed by atoms with Crippen LogP contribution < -0.4 is 9.64 Å². The number of ether oxygens (including phenoxy) is 1. The minimum Gasteiger partial charge on any atom is -0.494 e. The smallest absolute Gasteiger partial charge is 0.233 e. The Hall–Kier alpha value is -1.55. The van der Waals surface area contributed by atoms with E-state index in [0.717, 1.165) is 63.4 Å². The monoisotopic (exact) mass is 400 g/mol. The van der Waals surface area contributed by atoms with Gasteiger partial charge in [-0.15, -0.1) is 0 Å². The van der Waals surface area contributed by atoms with Crippen molar-refractivity contribution in [2.75, 3.05) is 37.7 Å². The Balaban J connectivity index is 1.48. The Bertz CT molecular complexity index is 620. The maximum absolute atomic E-state index is 13.3. The average Bonchev–Trinajstić information content (AvgIpc) is 3.06. The highest BCUT2D eigenvalue weighted by molar-refractivity contribution is 6.00. The van der Waals surface area contributed by atoms with Crippen LogP contribution in [0.15, 0.2) is 24.3 Å². The lowest BCUT2D eigenvalue weighted by atomic mass is 9.77. The standard InChI is InChI=1S/C25H40N2O2/c1-3-5-7-9-21-29-23-12-10-22(11-13-23)27-20-16-25(24(27)28)14-18-26(19-15-25)17-8-6-4-2/h10-13H,3-9,14-21H2,1-2H3. The molecule has 4 heteroatoms. The lowest BCUT2D eigenvalue weighted by molar-refractivity contribution is -0.128. The number of amides is 1. The topological polar surface area (TPSA) is 32.8 Å². The molecule has 0 aliphatic carbocycles. The summed E-state index contributed by atoms with van der Waals surface area (Å²) in [6, 6.07) is 8.14. The van der Waals surface area contributed by atoms with Gasteiger partial charge in [-0.2, -0.15) is 0 Å². The molecule has 0 atom stereocenters. The van der Waals surface area contributed by atoms with Crippen molar-refractivity contribution in [3.8, 4) is 5.75 Å². The summed E-state index contributed by atoms with van der Waals surface area (Å²) in [4.78, 5) is 17.9. The zero-order chi connectivity index (χ0) is 20.5. The summed E-state index contributed by atoms with van der Waals surface area (Å²) in [6.45, 7) is 9.46. The van der Waals surface area contributed by atoms with E-state index in [4.69, 9.17) is 4.74 Å². The molecule has 1 aromatic carbocycles. The number of nitrogens with zero attached hydrogens (tertiary/aromatic N) is 2. The molecule has 2 fully saturated rings. The van der Waals surface area contributed by atoms with Gasteiger partial charge in [0.2, 0.25) is 5.91 Å². The number of hydrogen-bond donors (Lipinski definition) is 0. The van der Waals surface area contributed by atoms with Crippen molar-refractivity contribution in [3.05, 3.63) is 24.3 Å². The number of carbonyl (C=O) groups is 1. The number of unbranched alkanes of at least 4 members (excludes halogenated alkanes) is 5. The average molecular weight is 401 g/mol. The molecule has 1 amide bonds. The second kappa shape index (κ2) is 11.0. The molecule has 0 N–H and O–H groups in total. The van der Waals surface area contributed by atoms with Crippen LogP contribution in [0.5, 0.6) is 5.75 Å². The highest BCUT2D eigenvalue weighted by atomic mass is 16.5. The maximum atomic E-state index is 13.3. The third kappa shape index (κ3) is 5.75. The van der Waals surface area contributed by atoms with Crippen LogP contribution in [0.25, 0.3) is 0 Å². The second-order valence-electron chi connectivity index (χ2n) is 8.94. The summed E-state index contributed by atoms with van der Waals surface area (Å²) in [5.41, 5.74) is 0.908. The lowest BCUT2D eigenvalue weighted by Gasteiger charge is -2.38. The minimum atomic E-state index is -0.115. The van der Waals surface area contributed by atoms with E-state index < -0.39 is 0 Å². The zero-order valence-corrected chi connectivity index (χ0v) is 18.6. The molecule has 4 nitrogen and oxygen atoms in total. The SMILES string of the molecule is CCCCCCOc1ccc(N2CCC3(CCN(CCCCC)CC3)C2=O)cc1. The zero-order valence-electron chi connectivity index (χ0n) is 18.6. The van der Waals surface area contributed by atoms with E-state index in [0.29, 0.717) is 5.91 Å². The van der Waals surface area contributed by atoms with Gasteiger partial charge in [-0.3, -0.25) is 4.79 Å². The summed E-state index contributed by atoms with van der Waals surface area (Å²) in [5, 5.41) is 0. The van der Waals surface area contributed by atoms with Crippen LogP contribution in [-0.2, 0) is 4.79 Å². The fourth-order valence-electron chi connectivity index (χ4n) is 4.76. The van der Waals surface area contributed by atoms with E-state index in [1.165, 1.54) is 45.1 Å². The maximum Gasteiger partial charge on any atom is 0.233 e. The van der Waals surface area contributed by atoms with Crippen molar-refractivity contribution in [1.82, 2.24) is 4.90 Å². The highest BCUT2D eigenvalue weighted by Gasteiger charge is 2.48. The van der Waals surface area contributed by atoms with Crippen molar-refractivity contribution >= 4 is 11.6 Å². The van der Waals surface area contributed by atoms with E-state index in [1.54, 1.807) is 0 Å². The van der Waals surface area contributed by atoms with Gasteiger partial charge in [-0.25, -0.2) is 0 Å². The van der Waals surface area contributed by atoms with Crippen molar-refractivity contribution in [2.45, 2.75) is 78.1 Å². The van der Waals surface area contributed by atoms with Gasteiger partial charge < -0.3 is 14.5 Å². The molecule has 0 saturated carbocycles. The lowest BCUT2D eigenvalue weighted by Crippen LogP contribution is -2.45. The van der Waals surface area contributed by atoms with Gasteiger partial charge in [0.1, 0.15) is 5.75 Å². The van der Waals surface area contributed by atoms with Crippen molar-refractivity contribution in [2.24, 2.45) is 5.41 Å². The van der Waals surface area contributed by atoms with E-state index in [-0.39, 0.29) is 5.41 Å². The van der Waals surface area contributed by atoms with Gasteiger partial charge in [-0.1, -0.05) is 46.0 Å². The molecule has 3 rings (SSSR count). The van der Waals surface area contributed by atoms with Crippen molar-refractivity contribution in [1.29, 1.82) is 0 Å². The Labute approximate surface area is 177 Å². The van der Waals surface area contributed by atoms with E-state index in [2.05, 4.69) is 30.9 Å². The Morgan fingerprint density at radius 2 is 1.52 bits per heavy atom. The summed E-state index contributed by atoms with van der Waals surface area (Å²) >= 11 is 0. The number of rotatable bonds is 11. The first-order valence-corrected chi connectivity index (χ1v) is 12.0. The quantitative estimate of drug-likeness (QED) is 0.450. The molecule has 1 aromatic rings. The van der Waals surface area contributed by atoms with Crippen LogP contribution in [0.1, 0.15) is 78.1 Å². The molecule has 162 valence electrons. The fourth-order valence-corrected chi connectivity index (χ4v) is 4.76. The Kier molecular flexibility index (Phi) is 8.40. The van der Waals surface area contributed by atoms with Crippen LogP contribution in [0.4, 0.5) is 5.69 Å². The van der Waals surface area contributed by atoms with E-state index >= 15 is 0 Å². The Morgan fingerprint density at radius 3 is 2.21 bits per heavy atom. The van der Waals surface area contributed by atoms with E-state index in [1.807, 2.05) is 17.0 Å². The predicted octanol–water partition coefficient (Wildman–Crippen LogP) is 5.65. The number of piperidine rings is 1. The molecule has 29 heavy (non-hydrogen) atoms. The summed E-state index contributed by atoms with van der Waals surface area (Å²) in [6.07, 6.45) is 11.8. The van der Waals surface area contributed by atoms with Gasteiger partial charge >= 0.3 is 0 Å². The van der Waals surface area contributed by atoms with Gasteiger partial charge in [-0.05, 0) is 76.0 Å². The number of benzene rings is 1. The fraction of sp³-hybridized carbons (Fsp3) is 0.720. The second-order valence-corrected chi connectivity index (χ2v) is 8.94. The number of carbonyl (C=O) groups excluding carboxylic acids is 1. The third-order valence-electron chi connectivity index (χ3n) is 6.82. The highest BCUT2D eigenvalue weighted by Crippen LogP contribution is 2.43. The van der Waals surface area contributed by atoms with Crippen LogP contribution in [0, 0.1) is 5.41 Å². The first-order valence-electron chi connectivity index (χ1n) is 12.0. The molecule has 1 spiro atoms. The molecular formula is C25H40N2O2. The Morgan fingerprint density at radius 1 is 0.862 bits per heavy atom. The third-order valence-corrected chi connectivity index (χ3v) is 6.82. The molecule has 0 aromatic heterocycles. The molecule has 2 heterocycles. The summed E-state index contributed by atoms with van der Waals surface area (Å²) < 4.78 is 5.85. The number of likely N-dealkylation sites (tertiary alicyclic amines) is 1.